The zero-order valence-electron chi connectivity index (χ0n) is 11.9. The normalized spacial score (nSPS) is 14.0. The maximum atomic E-state index is 11.9. The lowest BCUT2D eigenvalue weighted by Gasteiger charge is -2.12. The van der Waals surface area contributed by atoms with Crippen molar-refractivity contribution in [3.63, 3.8) is 0 Å². The second kappa shape index (κ2) is 5.50. The fourth-order valence-corrected chi connectivity index (χ4v) is 3.29. The molecule has 0 unspecified atom stereocenters. The minimum Gasteiger partial charge on any atom is -0.313 e. The number of ketones is 1. The molecule has 0 saturated carbocycles. The van der Waals surface area contributed by atoms with Gasteiger partial charge in [0.05, 0.1) is 9.20 Å². The lowest BCUT2D eigenvalue weighted by atomic mass is 9.91. The summed E-state index contributed by atoms with van der Waals surface area (Å²) in [5, 5.41) is 0. The molecule has 0 spiro atoms. The Labute approximate surface area is 125 Å². The number of aromatic amines is 1. The zero-order chi connectivity index (χ0) is 14.9. The summed E-state index contributed by atoms with van der Waals surface area (Å²) in [6.45, 7) is 7.61. The highest BCUT2D eigenvalue weighted by Crippen LogP contribution is 2.15. The molecular formula is C15H17NO2S2. The smallest absolute Gasteiger partial charge is 0.266 e. The van der Waals surface area contributed by atoms with Gasteiger partial charge in [-0.15, -0.1) is 22.7 Å². The van der Waals surface area contributed by atoms with E-state index in [1.165, 1.54) is 22.3 Å². The van der Waals surface area contributed by atoms with Crippen molar-refractivity contribution < 1.29 is 4.79 Å². The van der Waals surface area contributed by atoms with Crippen LogP contribution in [0.15, 0.2) is 16.9 Å². The topological polar surface area (TPSA) is 49.9 Å². The predicted molar refractivity (Wildman–Crippen MR) is 85.7 cm³/mol. The van der Waals surface area contributed by atoms with Gasteiger partial charge in [0, 0.05) is 21.2 Å². The van der Waals surface area contributed by atoms with E-state index in [9.17, 15) is 9.59 Å². The molecular weight excluding hydrogens is 290 g/mol. The van der Waals surface area contributed by atoms with Crippen LogP contribution in [-0.4, -0.2) is 10.8 Å². The van der Waals surface area contributed by atoms with Gasteiger partial charge in [0.2, 0.25) is 0 Å². The van der Waals surface area contributed by atoms with E-state index in [2.05, 4.69) is 4.98 Å². The summed E-state index contributed by atoms with van der Waals surface area (Å²) < 4.78 is 1.23. The fourth-order valence-electron chi connectivity index (χ4n) is 1.52. The summed E-state index contributed by atoms with van der Waals surface area (Å²) in [5.74, 6) is 0.00789. The first-order chi connectivity index (χ1) is 9.25. The number of carbonyl (C=O) groups excluding carboxylic acids is 1. The molecule has 0 aliphatic heterocycles. The summed E-state index contributed by atoms with van der Waals surface area (Å²) in [7, 11) is 0. The largest absolute Gasteiger partial charge is 0.313 e. The third-order valence-electron chi connectivity index (χ3n) is 2.72. The third-order valence-corrected chi connectivity index (χ3v) is 4.63. The lowest BCUT2D eigenvalue weighted by molar-refractivity contribution is -0.119. The van der Waals surface area contributed by atoms with Gasteiger partial charge in [0.25, 0.3) is 5.56 Å². The highest BCUT2D eigenvalue weighted by Gasteiger charge is 2.18. The Morgan fingerprint density at radius 2 is 1.95 bits per heavy atom. The van der Waals surface area contributed by atoms with Gasteiger partial charge >= 0.3 is 0 Å². The molecule has 0 bridgehead atoms. The van der Waals surface area contributed by atoms with Gasteiger partial charge in [-0.05, 0) is 25.1 Å². The maximum Gasteiger partial charge on any atom is 0.266 e. The highest BCUT2D eigenvalue weighted by molar-refractivity contribution is 7.13. The Morgan fingerprint density at radius 1 is 1.25 bits per heavy atom. The number of rotatable bonds is 2. The van der Waals surface area contributed by atoms with Gasteiger partial charge in [0.1, 0.15) is 0 Å². The summed E-state index contributed by atoms with van der Waals surface area (Å²) in [6.07, 6.45) is 3.38. The molecule has 0 atom stereocenters. The molecule has 2 aromatic heterocycles. The first-order valence-electron chi connectivity index (χ1n) is 6.29. The summed E-state index contributed by atoms with van der Waals surface area (Å²) in [6, 6.07) is 4.01. The number of hydrogen-bond donors (Lipinski definition) is 1. The van der Waals surface area contributed by atoms with Crippen molar-refractivity contribution in [2.45, 2.75) is 27.7 Å². The van der Waals surface area contributed by atoms with Gasteiger partial charge in [-0.1, -0.05) is 20.8 Å². The van der Waals surface area contributed by atoms with E-state index >= 15 is 0 Å². The van der Waals surface area contributed by atoms with Gasteiger partial charge in [-0.2, -0.15) is 0 Å². The predicted octanol–water partition coefficient (Wildman–Crippen LogP) is 2.03. The summed E-state index contributed by atoms with van der Waals surface area (Å²) >= 11 is 2.95. The van der Waals surface area contributed by atoms with E-state index in [4.69, 9.17) is 0 Å². The van der Waals surface area contributed by atoms with E-state index in [-0.39, 0.29) is 11.3 Å². The zero-order valence-corrected chi connectivity index (χ0v) is 13.6. The molecule has 2 rings (SSSR count). The van der Waals surface area contributed by atoms with Crippen LogP contribution in [0, 0.1) is 12.3 Å². The minimum atomic E-state index is -0.435. The van der Waals surface area contributed by atoms with Crippen LogP contribution in [-0.2, 0) is 4.79 Å². The number of aryl methyl sites for hydroxylation is 1. The third kappa shape index (κ3) is 3.55. The Bertz CT molecular complexity index is 800. The van der Waals surface area contributed by atoms with Gasteiger partial charge in [-0.3, -0.25) is 9.59 Å². The monoisotopic (exact) mass is 307 g/mol. The molecule has 0 aromatic carbocycles. The quantitative estimate of drug-likeness (QED) is 0.923. The van der Waals surface area contributed by atoms with Crippen molar-refractivity contribution in [2.24, 2.45) is 5.41 Å². The molecule has 1 N–H and O–H groups in total. The van der Waals surface area contributed by atoms with Gasteiger partial charge < -0.3 is 4.98 Å². The number of hydrogen-bond acceptors (Lipinski definition) is 4. The van der Waals surface area contributed by atoms with Gasteiger partial charge in [0.15, 0.2) is 5.78 Å². The maximum absolute atomic E-state index is 11.9. The molecule has 0 radical (unpaired) electrons. The molecule has 2 aromatic rings. The highest BCUT2D eigenvalue weighted by atomic mass is 32.1. The lowest BCUT2D eigenvalue weighted by Crippen LogP contribution is -2.21. The first kappa shape index (κ1) is 14.9. The van der Waals surface area contributed by atoms with Crippen LogP contribution in [0.5, 0.6) is 0 Å². The van der Waals surface area contributed by atoms with Crippen molar-refractivity contribution in [1.82, 2.24) is 4.98 Å². The second-order valence-corrected chi connectivity index (χ2v) is 8.04. The number of aromatic nitrogens is 1. The SMILES string of the molecule is Cc1ccc(/C=c2\s/c(=C/C(=O)C(C)(C)C)[nH]c2=O)s1. The fraction of sp³-hybridized carbons (Fsp3) is 0.333. The number of H-pyrrole nitrogens is 1. The Kier molecular flexibility index (Phi) is 4.11. The second-order valence-electron chi connectivity index (χ2n) is 5.64. The van der Waals surface area contributed by atoms with Crippen LogP contribution < -0.4 is 14.8 Å². The van der Waals surface area contributed by atoms with Crippen LogP contribution in [0.4, 0.5) is 0 Å². The van der Waals surface area contributed by atoms with E-state index in [1.807, 2.05) is 45.9 Å². The molecule has 3 nitrogen and oxygen atoms in total. The van der Waals surface area contributed by atoms with Crippen LogP contribution in [0.25, 0.3) is 12.2 Å². The van der Waals surface area contributed by atoms with Crippen molar-refractivity contribution in [3.8, 4) is 0 Å². The molecule has 20 heavy (non-hydrogen) atoms. The van der Waals surface area contributed by atoms with E-state index < -0.39 is 5.41 Å². The van der Waals surface area contributed by atoms with Crippen LogP contribution in [0.2, 0.25) is 0 Å². The number of carbonyl (C=O) groups is 1. The minimum absolute atomic E-state index is 0.00789. The summed E-state index contributed by atoms with van der Waals surface area (Å²) in [4.78, 5) is 28.8. The van der Waals surface area contributed by atoms with Crippen molar-refractivity contribution in [2.75, 3.05) is 0 Å². The Morgan fingerprint density at radius 3 is 2.50 bits per heavy atom. The van der Waals surface area contributed by atoms with Crippen LogP contribution >= 0.6 is 22.7 Å². The number of thiophene rings is 1. The van der Waals surface area contributed by atoms with Crippen molar-refractivity contribution in [3.05, 3.63) is 41.4 Å². The van der Waals surface area contributed by atoms with E-state index in [1.54, 1.807) is 11.3 Å². The van der Waals surface area contributed by atoms with Gasteiger partial charge in [-0.25, -0.2) is 0 Å². The average Bonchev–Trinajstić information content (AvgIpc) is 2.86. The van der Waals surface area contributed by atoms with Crippen molar-refractivity contribution >= 4 is 40.6 Å². The Balaban J connectivity index is 2.45. The Hall–Kier alpha value is -1.46. The van der Waals surface area contributed by atoms with E-state index in [0.717, 1.165) is 4.88 Å². The molecule has 2 heterocycles. The van der Waals surface area contributed by atoms with E-state index in [0.29, 0.717) is 9.20 Å². The molecule has 0 fully saturated rings. The molecule has 106 valence electrons. The summed E-state index contributed by atoms with van der Waals surface area (Å²) in [5.41, 5.74) is -0.579. The standard InChI is InChI=1S/C15H17NO2S2/c1-9-5-6-10(19-9)7-11-14(18)16-13(20-11)8-12(17)15(2,3)4/h5-8H,1-4H3,(H,16,18)/b11-7-,13-8+. The molecule has 0 amide bonds. The number of nitrogens with one attached hydrogen (secondary N) is 1. The average molecular weight is 307 g/mol. The van der Waals surface area contributed by atoms with Crippen LogP contribution in [0.3, 0.4) is 0 Å². The molecule has 0 saturated heterocycles. The van der Waals surface area contributed by atoms with Crippen molar-refractivity contribution in [1.29, 1.82) is 0 Å². The first-order valence-corrected chi connectivity index (χ1v) is 7.92. The molecule has 0 aliphatic carbocycles. The molecule has 5 heteroatoms. The number of thiazole rings is 1. The molecule has 0 aliphatic rings. The van der Waals surface area contributed by atoms with Crippen LogP contribution in [0.1, 0.15) is 30.5 Å². The number of Topliss-reactive ketones (excluding diaryl/α,β-unsaturated/α-hetero) is 1.